The molecule has 16 heteroatoms. The molecule has 0 spiro atoms. The number of carbonyl (C=O) groups excluding carboxylic acids is 1. The van der Waals surface area contributed by atoms with Crippen molar-refractivity contribution in [2.24, 2.45) is 0 Å². The van der Waals surface area contributed by atoms with E-state index in [1.807, 2.05) is 36.4 Å². The summed E-state index contributed by atoms with van der Waals surface area (Å²) >= 11 is 10.2. The molecule has 1 saturated heterocycles. The molecule has 2 fully saturated rings. The van der Waals surface area contributed by atoms with Crippen LogP contribution in [0.15, 0.2) is 81.2 Å². The molecule has 1 amide bonds. The van der Waals surface area contributed by atoms with Gasteiger partial charge in [-0.3, -0.25) is 38.0 Å². The Bertz CT molecular complexity index is 2990. The van der Waals surface area contributed by atoms with Crippen LogP contribution < -0.4 is 25.2 Å². The third kappa shape index (κ3) is 9.32. The van der Waals surface area contributed by atoms with Gasteiger partial charge in [-0.25, -0.2) is 0 Å². The summed E-state index contributed by atoms with van der Waals surface area (Å²) in [4.78, 5) is 70.0. The Morgan fingerprint density at radius 3 is 2.21 bits per heavy atom. The van der Waals surface area contributed by atoms with Crippen LogP contribution in [-0.2, 0) is 27.5 Å². The molecule has 2 aliphatic heterocycles. The molecule has 63 heavy (non-hydrogen) atoms. The third-order valence-electron chi connectivity index (χ3n) is 11.6. The maximum Gasteiger partial charge on any atom is 0.305 e. The third-order valence-corrected chi connectivity index (χ3v) is 16.2. The van der Waals surface area contributed by atoms with E-state index in [2.05, 4.69) is 53.5 Å². The number of nitrogens with zero attached hydrogens (tertiary/aromatic N) is 4. The first-order valence-electron chi connectivity index (χ1n) is 20.8. The Labute approximate surface area is 385 Å². The van der Waals surface area contributed by atoms with Crippen molar-refractivity contribution in [3.05, 3.63) is 134 Å². The molecule has 1 aliphatic carbocycles. The molecule has 3 aliphatic rings. The van der Waals surface area contributed by atoms with E-state index in [0.717, 1.165) is 86.7 Å². The van der Waals surface area contributed by atoms with Crippen LogP contribution >= 0.6 is 58.4 Å². The molecule has 1 saturated carbocycles. The number of thiazole rings is 2. The highest BCUT2D eigenvalue weighted by Crippen LogP contribution is 2.52. The first-order chi connectivity index (χ1) is 30.4. The lowest BCUT2D eigenvalue weighted by Crippen LogP contribution is -2.32. The molecule has 11 nitrogen and oxygen atoms in total. The highest BCUT2D eigenvalue weighted by Gasteiger charge is 2.42. The molecule has 2 aromatic heterocycles. The van der Waals surface area contributed by atoms with E-state index in [9.17, 15) is 29.1 Å². The van der Waals surface area contributed by atoms with Gasteiger partial charge in [-0.1, -0.05) is 79.3 Å². The van der Waals surface area contributed by atoms with Crippen molar-refractivity contribution in [3.63, 3.8) is 0 Å². The van der Waals surface area contributed by atoms with E-state index < -0.39 is 11.9 Å². The number of carbonyl (C=O) groups is 3. The zero-order valence-electron chi connectivity index (χ0n) is 34.4. The van der Waals surface area contributed by atoms with E-state index in [-0.39, 0.29) is 47.5 Å². The highest BCUT2D eigenvalue weighted by molar-refractivity contribution is 8.30. The van der Waals surface area contributed by atoms with Gasteiger partial charge in [0.2, 0.25) is 0 Å². The quantitative estimate of drug-likeness (QED) is 0.0456. The maximum atomic E-state index is 14.2. The fourth-order valence-electron chi connectivity index (χ4n) is 8.59. The summed E-state index contributed by atoms with van der Waals surface area (Å²) in [6.07, 6.45) is 16.4. The number of unbranched alkanes of at least 4 members (excludes halogenated alkanes) is 2. The molecule has 8 rings (SSSR count). The minimum atomic E-state index is -1.07. The largest absolute Gasteiger partial charge is 0.481 e. The van der Waals surface area contributed by atoms with Crippen LogP contribution in [0, 0.1) is 15.5 Å². The van der Waals surface area contributed by atoms with Gasteiger partial charge in [-0.15, -0.1) is 34.4 Å². The van der Waals surface area contributed by atoms with E-state index in [1.165, 1.54) is 31.4 Å². The first kappa shape index (κ1) is 44.6. The van der Waals surface area contributed by atoms with Crippen molar-refractivity contribution in [3.8, 4) is 0 Å². The lowest BCUT2D eigenvalue weighted by Gasteiger charge is -2.27. The number of carboxylic acid groups (broad SMARTS) is 2. The molecule has 2 N–H and O–H groups in total. The number of thiocarbonyl (C=S) groups is 1. The van der Waals surface area contributed by atoms with E-state index in [1.54, 1.807) is 6.92 Å². The Hall–Kier alpha value is -5.00. The Morgan fingerprint density at radius 1 is 0.825 bits per heavy atom. The minimum absolute atomic E-state index is 0.0556. The predicted octanol–water partition coefficient (Wildman–Crippen LogP) is 8.08. The molecular formula is C47H44N4O7S5. The fourth-order valence-corrected chi connectivity index (χ4v) is 12.8. The van der Waals surface area contributed by atoms with Gasteiger partial charge in [-0.2, -0.15) is 0 Å². The van der Waals surface area contributed by atoms with Crippen LogP contribution in [0.25, 0.3) is 23.1 Å². The zero-order valence-corrected chi connectivity index (χ0v) is 38.4. The standard InChI is InChI=1S/C47H44N4O7S5/c1-3-48-43(57)40(62-45(48)41-44(58)50(47(59)63-41)24-6-4-5-10-38(52)53)46-49(25-23-39(54)55)42(56)37(61-46)27-30-17-22-36-34(26-30)33-8-7-9-35(33)51(36)31-18-13-28(14-19-31)11-12-29-15-20-32(60-2)21-16-29/h2,11-22,26-27,33,35H,3-10,23-25H2,1H3,(H,52,53)(H,54,55)/b12-11?,37-27-,45-41+,46-40+. The van der Waals surface area contributed by atoms with Gasteiger partial charge < -0.3 is 15.1 Å². The molecule has 0 bridgehead atoms. The van der Waals surface area contributed by atoms with Crippen molar-refractivity contribution in [1.82, 2.24) is 14.0 Å². The number of carboxylic acids is 2. The number of aliphatic carboxylic acids is 2. The van der Waals surface area contributed by atoms with Gasteiger partial charge in [0.05, 0.1) is 11.0 Å². The zero-order chi connectivity index (χ0) is 44.4. The smallest absolute Gasteiger partial charge is 0.305 e. The van der Waals surface area contributed by atoms with E-state index in [4.69, 9.17) is 23.6 Å². The average molecular weight is 937 g/mol. The van der Waals surface area contributed by atoms with Gasteiger partial charge in [-0.05, 0) is 97.3 Å². The van der Waals surface area contributed by atoms with Gasteiger partial charge in [0.15, 0.2) is 0 Å². The number of benzene rings is 3. The minimum Gasteiger partial charge on any atom is -0.481 e. The van der Waals surface area contributed by atoms with Gasteiger partial charge in [0, 0.05) is 60.5 Å². The van der Waals surface area contributed by atoms with Crippen LogP contribution in [0.2, 0.25) is 0 Å². The van der Waals surface area contributed by atoms with Gasteiger partial charge in [0.25, 0.3) is 17.0 Å². The molecule has 3 aromatic carbocycles. The lowest BCUT2D eigenvalue weighted by molar-refractivity contribution is -0.138. The van der Waals surface area contributed by atoms with E-state index >= 15 is 0 Å². The number of fused-ring (bicyclic) bond motifs is 3. The summed E-state index contributed by atoms with van der Waals surface area (Å²) in [5, 5.41) is 18.6. The summed E-state index contributed by atoms with van der Waals surface area (Å²) in [5.41, 5.74) is 5.77. The molecule has 4 heterocycles. The summed E-state index contributed by atoms with van der Waals surface area (Å²) in [6, 6.07) is 23.3. The molecule has 5 aromatic rings. The summed E-state index contributed by atoms with van der Waals surface area (Å²) < 4.78 is 4.63. The van der Waals surface area contributed by atoms with Crippen LogP contribution in [0.3, 0.4) is 0 Å². The normalized spacial score (nSPS) is 18.9. The van der Waals surface area contributed by atoms with Crippen LogP contribution in [0.5, 0.6) is 0 Å². The van der Waals surface area contributed by atoms with E-state index in [0.29, 0.717) is 60.9 Å². The average Bonchev–Trinajstić information content (AvgIpc) is 4.08. The molecular weight excluding hydrogens is 893 g/mol. The lowest BCUT2D eigenvalue weighted by atomic mass is 9.96. The fraction of sp³-hybridized carbons (Fsp3) is 0.298. The predicted molar refractivity (Wildman–Crippen MR) is 258 cm³/mol. The van der Waals surface area contributed by atoms with Gasteiger partial charge in [0.1, 0.15) is 23.1 Å². The number of rotatable bonds is 15. The number of hydrogen-bond donors (Lipinski definition) is 2. The Kier molecular flexibility index (Phi) is 13.7. The maximum absolute atomic E-state index is 14.2. The number of aromatic nitrogens is 2. The summed E-state index contributed by atoms with van der Waals surface area (Å²) in [6.45, 7) is 2.26. The number of amides is 1. The monoisotopic (exact) mass is 936 g/mol. The van der Waals surface area contributed by atoms with Crippen molar-refractivity contribution >= 4 is 115 Å². The van der Waals surface area contributed by atoms with Crippen LogP contribution in [0.1, 0.15) is 86.5 Å². The topological polar surface area (TPSA) is 142 Å². The van der Waals surface area contributed by atoms with Crippen molar-refractivity contribution in [2.45, 2.75) is 88.2 Å². The second kappa shape index (κ2) is 19.4. The summed E-state index contributed by atoms with van der Waals surface area (Å²) in [7, 11) is 0. The van der Waals surface area contributed by atoms with Gasteiger partial charge >= 0.3 is 11.9 Å². The summed E-state index contributed by atoms with van der Waals surface area (Å²) in [5.74, 6) is -1.93. The second-order valence-electron chi connectivity index (χ2n) is 15.6. The highest BCUT2D eigenvalue weighted by atomic mass is 32.2. The molecule has 324 valence electrons. The van der Waals surface area contributed by atoms with Crippen molar-refractivity contribution < 1.29 is 24.6 Å². The number of hydrogen-bond acceptors (Lipinski definition) is 11. The van der Waals surface area contributed by atoms with Crippen molar-refractivity contribution in [2.75, 3.05) is 11.4 Å². The number of anilines is 2. The molecule has 2 unspecified atom stereocenters. The van der Waals surface area contributed by atoms with Crippen LogP contribution in [0.4, 0.5) is 11.4 Å². The first-order valence-corrected chi connectivity index (χ1v) is 24.5. The molecule has 2 radical (unpaired) electrons. The van der Waals surface area contributed by atoms with Crippen LogP contribution in [-0.4, -0.2) is 59.0 Å². The Morgan fingerprint density at radius 2 is 1.52 bits per heavy atom. The van der Waals surface area contributed by atoms with Crippen molar-refractivity contribution in [1.29, 1.82) is 0 Å². The number of thioether (sulfide) groups is 2. The second-order valence-corrected chi connectivity index (χ2v) is 19.9. The molecule has 2 atom stereocenters. The Balaban J connectivity index is 1.14. The SMILES string of the molecule is [CH]Sc1ccc(C=Cc2ccc(N3c4ccc(/C=c5\s/c(=c6/s/c(=C7/SC(=S)N(CCCCCC(=O)O)C7=O)n(CC)c6=O)n(CCC(=O)O)c5=O)cc4C4CCCC43)cc2)cc1.